The number of nitro groups is 1. The van der Waals surface area contributed by atoms with Crippen LogP contribution < -0.4 is 16.4 Å². The Morgan fingerprint density at radius 2 is 1.83 bits per heavy atom. The normalized spacial score (nSPS) is 10.7. The van der Waals surface area contributed by atoms with Gasteiger partial charge in [0, 0.05) is 11.8 Å². The largest absolute Gasteiger partial charge is 0.420 e. The van der Waals surface area contributed by atoms with Gasteiger partial charge in [-0.15, -0.1) is 0 Å². The number of oxazole rings is 1. The van der Waals surface area contributed by atoms with Crippen LogP contribution in [0.15, 0.2) is 45.6 Å². The number of aromatic nitrogens is 1. The molecular formula is C19H18N4O6. The smallest absolute Gasteiger partial charge is 0.407 e. The van der Waals surface area contributed by atoms with Gasteiger partial charge in [0.15, 0.2) is 5.58 Å². The van der Waals surface area contributed by atoms with Crippen molar-refractivity contribution in [1.82, 2.24) is 9.88 Å². The predicted octanol–water partition coefficient (Wildman–Crippen LogP) is 1.87. The number of para-hydroxylation sites is 1. The van der Waals surface area contributed by atoms with Crippen molar-refractivity contribution >= 4 is 34.3 Å². The second-order valence-corrected chi connectivity index (χ2v) is 6.45. The van der Waals surface area contributed by atoms with Crippen LogP contribution in [0, 0.1) is 24.0 Å². The van der Waals surface area contributed by atoms with Crippen LogP contribution >= 0.6 is 0 Å². The molecule has 0 aliphatic heterocycles. The average molecular weight is 398 g/mol. The SMILES string of the molecule is Cc1cccc(C)c1NC(=O)CNC(=O)Cn1c(=O)oc2cc([N+](=O)[O-])ccc21. The minimum atomic E-state index is -0.823. The van der Waals surface area contributed by atoms with Crippen LogP contribution in [0.25, 0.3) is 11.1 Å². The molecule has 0 saturated heterocycles. The van der Waals surface area contributed by atoms with Crippen LogP contribution in [0.3, 0.4) is 0 Å². The fourth-order valence-electron chi connectivity index (χ4n) is 2.89. The fourth-order valence-corrected chi connectivity index (χ4v) is 2.89. The number of aryl methyl sites for hydroxylation is 2. The van der Waals surface area contributed by atoms with Crippen LogP contribution in [0.1, 0.15) is 11.1 Å². The van der Waals surface area contributed by atoms with E-state index in [0.717, 1.165) is 21.8 Å². The molecule has 3 rings (SSSR count). The number of nitrogens with zero attached hydrogens (tertiary/aromatic N) is 2. The molecule has 10 heteroatoms. The van der Waals surface area contributed by atoms with Gasteiger partial charge in [-0.3, -0.25) is 24.3 Å². The number of amides is 2. The summed E-state index contributed by atoms with van der Waals surface area (Å²) in [6.45, 7) is 3.06. The van der Waals surface area contributed by atoms with Crippen LogP contribution in [0.4, 0.5) is 11.4 Å². The molecule has 0 radical (unpaired) electrons. The van der Waals surface area contributed by atoms with Gasteiger partial charge in [-0.25, -0.2) is 4.79 Å². The zero-order valence-electron chi connectivity index (χ0n) is 15.7. The van der Waals surface area contributed by atoms with Gasteiger partial charge in [-0.05, 0) is 31.0 Å². The summed E-state index contributed by atoms with van der Waals surface area (Å²) in [5.41, 5.74) is 2.50. The molecule has 0 aliphatic rings. The summed E-state index contributed by atoms with van der Waals surface area (Å²) in [5.74, 6) is -1.81. The molecule has 0 atom stereocenters. The Hall–Kier alpha value is -3.95. The van der Waals surface area contributed by atoms with E-state index < -0.39 is 22.5 Å². The van der Waals surface area contributed by atoms with Gasteiger partial charge in [0.05, 0.1) is 23.1 Å². The van der Waals surface area contributed by atoms with Crippen molar-refractivity contribution in [2.24, 2.45) is 0 Å². The molecule has 0 saturated carbocycles. The minimum absolute atomic E-state index is 0.00442. The molecule has 1 heterocycles. The van der Waals surface area contributed by atoms with Gasteiger partial charge >= 0.3 is 5.76 Å². The molecule has 2 aromatic carbocycles. The molecule has 0 aliphatic carbocycles. The van der Waals surface area contributed by atoms with Crippen molar-refractivity contribution in [2.75, 3.05) is 11.9 Å². The molecule has 0 fully saturated rings. The number of rotatable bonds is 6. The van der Waals surface area contributed by atoms with E-state index in [9.17, 15) is 24.5 Å². The van der Waals surface area contributed by atoms with E-state index in [4.69, 9.17) is 4.42 Å². The lowest BCUT2D eigenvalue weighted by atomic mass is 10.1. The number of nitro benzene ring substituents is 1. The highest BCUT2D eigenvalue weighted by atomic mass is 16.6. The number of hydrogen-bond acceptors (Lipinski definition) is 6. The van der Waals surface area contributed by atoms with E-state index in [-0.39, 0.29) is 29.9 Å². The summed E-state index contributed by atoms with van der Waals surface area (Å²) in [5, 5.41) is 16.0. The number of anilines is 1. The first-order valence-electron chi connectivity index (χ1n) is 8.67. The molecule has 10 nitrogen and oxygen atoms in total. The summed E-state index contributed by atoms with van der Waals surface area (Å²) in [4.78, 5) is 46.5. The van der Waals surface area contributed by atoms with Crippen molar-refractivity contribution in [1.29, 1.82) is 0 Å². The summed E-state index contributed by atoms with van der Waals surface area (Å²) in [7, 11) is 0. The first-order chi connectivity index (χ1) is 13.8. The van der Waals surface area contributed by atoms with Gasteiger partial charge in [0.1, 0.15) is 6.54 Å². The Labute approximate surface area is 164 Å². The Morgan fingerprint density at radius 3 is 2.48 bits per heavy atom. The van der Waals surface area contributed by atoms with E-state index in [2.05, 4.69) is 10.6 Å². The first-order valence-corrected chi connectivity index (χ1v) is 8.67. The van der Waals surface area contributed by atoms with E-state index in [1.165, 1.54) is 12.1 Å². The van der Waals surface area contributed by atoms with Crippen LogP contribution in [-0.2, 0) is 16.1 Å². The predicted molar refractivity (Wildman–Crippen MR) is 105 cm³/mol. The van der Waals surface area contributed by atoms with Crippen molar-refractivity contribution in [3.63, 3.8) is 0 Å². The molecule has 0 unspecified atom stereocenters. The fraction of sp³-hybridized carbons (Fsp3) is 0.211. The molecule has 150 valence electrons. The van der Waals surface area contributed by atoms with Crippen molar-refractivity contribution in [3.8, 4) is 0 Å². The van der Waals surface area contributed by atoms with Crippen molar-refractivity contribution in [3.05, 3.63) is 68.2 Å². The first kappa shape index (κ1) is 19.8. The molecule has 29 heavy (non-hydrogen) atoms. The number of nitrogens with one attached hydrogen (secondary N) is 2. The lowest BCUT2D eigenvalue weighted by molar-refractivity contribution is -0.384. The van der Waals surface area contributed by atoms with Crippen LogP contribution in [0.5, 0.6) is 0 Å². The second kappa shape index (κ2) is 7.97. The number of benzene rings is 2. The Bertz CT molecular complexity index is 1160. The van der Waals surface area contributed by atoms with Gasteiger partial charge < -0.3 is 15.1 Å². The molecule has 1 aromatic heterocycles. The molecule has 2 N–H and O–H groups in total. The molecule has 0 bridgehead atoms. The average Bonchev–Trinajstić information content (AvgIpc) is 2.97. The highest BCUT2D eigenvalue weighted by Gasteiger charge is 2.16. The topological polar surface area (TPSA) is 136 Å². The number of carbonyl (C=O) groups is 2. The van der Waals surface area contributed by atoms with E-state index in [1.54, 1.807) is 0 Å². The Kier molecular flexibility index (Phi) is 5.44. The third kappa shape index (κ3) is 4.32. The molecular weight excluding hydrogens is 380 g/mol. The third-order valence-corrected chi connectivity index (χ3v) is 4.36. The highest BCUT2D eigenvalue weighted by Crippen LogP contribution is 2.20. The number of fused-ring (bicyclic) bond motifs is 1. The van der Waals surface area contributed by atoms with Gasteiger partial charge in [0.25, 0.3) is 5.69 Å². The lowest BCUT2D eigenvalue weighted by Gasteiger charge is -2.12. The van der Waals surface area contributed by atoms with E-state index in [1.807, 2.05) is 32.0 Å². The summed E-state index contributed by atoms with van der Waals surface area (Å²) >= 11 is 0. The van der Waals surface area contributed by atoms with Gasteiger partial charge in [-0.1, -0.05) is 18.2 Å². The number of non-ortho nitro benzene ring substituents is 1. The summed E-state index contributed by atoms with van der Waals surface area (Å²) in [6.07, 6.45) is 0. The van der Waals surface area contributed by atoms with Gasteiger partial charge in [-0.2, -0.15) is 0 Å². The minimum Gasteiger partial charge on any atom is -0.407 e. The van der Waals surface area contributed by atoms with E-state index in [0.29, 0.717) is 5.69 Å². The third-order valence-electron chi connectivity index (χ3n) is 4.36. The quantitative estimate of drug-likeness (QED) is 0.480. The monoisotopic (exact) mass is 398 g/mol. The zero-order chi connectivity index (χ0) is 21.1. The zero-order valence-corrected chi connectivity index (χ0v) is 15.7. The summed E-state index contributed by atoms with van der Waals surface area (Å²) < 4.78 is 6.00. The van der Waals surface area contributed by atoms with Crippen LogP contribution in [0.2, 0.25) is 0 Å². The highest BCUT2D eigenvalue weighted by molar-refractivity contribution is 5.95. The number of carbonyl (C=O) groups excluding carboxylic acids is 2. The second-order valence-electron chi connectivity index (χ2n) is 6.45. The summed E-state index contributed by atoms with van der Waals surface area (Å²) in [6, 6.07) is 9.26. The standard InChI is InChI=1S/C19H18N4O6/c1-11-4-3-5-12(2)18(11)21-16(24)9-20-17(25)10-22-14-7-6-13(23(27)28)8-15(14)29-19(22)26/h3-8H,9-10H2,1-2H3,(H,20,25)(H,21,24). The maximum Gasteiger partial charge on any atom is 0.420 e. The molecule has 2 amide bonds. The molecule has 0 spiro atoms. The van der Waals surface area contributed by atoms with Crippen LogP contribution in [-0.4, -0.2) is 27.8 Å². The Balaban J connectivity index is 1.65. The maximum absolute atomic E-state index is 12.2. The van der Waals surface area contributed by atoms with Gasteiger partial charge in [0.2, 0.25) is 11.8 Å². The number of hydrogen-bond donors (Lipinski definition) is 2. The molecule has 3 aromatic rings. The van der Waals surface area contributed by atoms with E-state index >= 15 is 0 Å². The maximum atomic E-state index is 12.2. The lowest BCUT2D eigenvalue weighted by Crippen LogP contribution is -2.36. The van der Waals surface area contributed by atoms with Crippen molar-refractivity contribution in [2.45, 2.75) is 20.4 Å². The van der Waals surface area contributed by atoms with Crippen molar-refractivity contribution < 1.29 is 18.9 Å². The Morgan fingerprint density at radius 1 is 1.14 bits per heavy atom.